The maximum absolute atomic E-state index is 5.32. The molecule has 0 bridgehead atoms. The maximum Gasteiger partial charge on any atom is 0.165 e. The van der Waals surface area contributed by atoms with Crippen molar-refractivity contribution >= 4 is 54.1 Å². The number of aromatic nitrogens is 4. The Bertz CT molecular complexity index is 3260. The minimum absolute atomic E-state index is 0.632. The van der Waals surface area contributed by atoms with E-state index >= 15 is 0 Å². The fraction of sp³-hybridized carbons (Fsp3) is 0. The normalized spacial score (nSPS) is 11.6. The number of hydrogen-bond donors (Lipinski definition) is 0. The Kier molecular flexibility index (Phi) is 7.14. The third-order valence-electron chi connectivity index (χ3n) is 10.8. The monoisotopic (exact) mass is 700 g/mol. The highest BCUT2D eigenvalue weighted by Gasteiger charge is 2.19. The lowest BCUT2D eigenvalue weighted by molar-refractivity contribution is 1.08. The van der Waals surface area contributed by atoms with Gasteiger partial charge in [0, 0.05) is 33.2 Å². The molecule has 0 amide bonds. The molecule has 11 rings (SSSR count). The predicted molar refractivity (Wildman–Crippen MR) is 228 cm³/mol. The van der Waals surface area contributed by atoms with Gasteiger partial charge in [0.05, 0.1) is 11.0 Å². The van der Waals surface area contributed by atoms with E-state index in [9.17, 15) is 0 Å². The first-order chi connectivity index (χ1) is 27.3. The van der Waals surface area contributed by atoms with E-state index in [1.54, 1.807) is 0 Å². The summed E-state index contributed by atoms with van der Waals surface area (Å²) in [7, 11) is 0. The summed E-state index contributed by atoms with van der Waals surface area (Å²) in [6, 6.07) is 68.7. The van der Waals surface area contributed by atoms with Gasteiger partial charge in [-0.2, -0.15) is 0 Å². The summed E-state index contributed by atoms with van der Waals surface area (Å²) in [5, 5.41) is 9.43. The van der Waals surface area contributed by atoms with Crippen molar-refractivity contribution in [2.45, 2.75) is 0 Å². The van der Waals surface area contributed by atoms with Gasteiger partial charge in [-0.05, 0) is 79.8 Å². The van der Waals surface area contributed by atoms with Gasteiger partial charge in [-0.15, -0.1) is 0 Å². The number of rotatable bonds is 5. The third kappa shape index (κ3) is 5.19. The molecule has 4 nitrogen and oxygen atoms in total. The number of benzene rings is 9. The van der Waals surface area contributed by atoms with Gasteiger partial charge in [-0.25, -0.2) is 15.0 Å². The zero-order valence-corrected chi connectivity index (χ0v) is 29.8. The average Bonchev–Trinajstić information content (AvgIpc) is 3.59. The molecule has 0 fully saturated rings. The number of fused-ring (bicyclic) bond motifs is 7. The molecule has 0 aliphatic carbocycles. The van der Waals surface area contributed by atoms with Gasteiger partial charge in [-0.3, -0.25) is 0 Å². The van der Waals surface area contributed by atoms with E-state index < -0.39 is 0 Å². The number of para-hydroxylation sites is 2. The molecule has 55 heavy (non-hydrogen) atoms. The summed E-state index contributed by atoms with van der Waals surface area (Å²) < 4.78 is 2.36. The van der Waals surface area contributed by atoms with Crippen molar-refractivity contribution in [3.63, 3.8) is 0 Å². The van der Waals surface area contributed by atoms with Gasteiger partial charge < -0.3 is 4.57 Å². The summed E-state index contributed by atoms with van der Waals surface area (Å²) in [6.07, 6.45) is 0. The summed E-state index contributed by atoms with van der Waals surface area (Å²) >= 11 is 0. The second kappa shape index (κ2) is 12.6. The van der Waals surface area contributed by atoms with Gasteiger partial charge >= 0.3 is 0 Å². The molecule has 9 aromatic carbocycles. The standard InChI is InChI=1S/C51H32N4/c1-3-15-34(16-4-1)49-52-50(54-51(53-49)48-41-23-10-8-17-37(41)31-45-40-22-9-7-14-33(40)26-29-44(45)48)38-19-13-18-35(30-38)36-27-28-43-42-24-11-12-25-46(42)55(47(43)32-36)39-20-5-2-6-21-39/h1-32H. The van der Waals surface area contributed by atoms with Gasteiger partial charge in [0.15, 0.2) is 17.5 Å². The summed E-state index contributed by atoms with van der Waals surface area (Å²) in [5.41, 5.74) is 8.59. The van der Waals surface area contributed by atoms with Crippen molar-refractivity contribution in [3.8, 4) is 51.0 Å². The van der Waals surface area contributed by atoms with E-state index in [0.29, 0.717) is 17.5 Å². The molecule has 2 heterocycles. The van der Waals surface area contributed by atoms with Crippen molar-refractivity contribution in [3.05, 3.63) is 194 Å². The first-order valence-corrected chi connectivity index (χ1v) is 18.6. The Morgan fingerprint density at radius 1 is 0.291 bits per heavy atom. The SMILES string of the molecule is c1ccc(-c2nc(-c3cccc(-c4ccc5c6ccccc6n(-c6ccccc6)c5c4)c3)nc(-c3c4ccccc4cc4c3ccc3ccccc34)n2)cc1. The lowest BCUT2D eigenvalue weighted by Gasteiger charge is -2.15. The Morgan fingerprint density at radius 3 is 1.71 bits per heavy atom. The Morgan fingerprint density at radius 2 is 0.873 bits per heavy atom. The van der Waals surface area contributed by atoms with Crippen molar-refractivity contribution in [2.24, 2.45) is 0 Å². The summed E-state index contributed by atoms with van der Waals surface area (Å²) in [6.45, 7) is 0. The Hall–Kier alpha value is -7.43. The van der Waals surface area contributed by atoms with Crippen molar-refractivity contribution in [1.82, 2.24) is 19.5 Å². The number of hydrogen-bond acceptors (Lipinski definition) is 3. The van der Waals surface area contributed by atoms with Crippen LogP contribution in [-0.4, -0.2) is 19.5 Å². The predicted octanol–water partition coefficient (Wildman–Crippen LogP) is 13.1. The van der Waals surface area contributed by atoms with Gasteiger partial charge in [0.25, 0.3) is 0 Å². The van der Waals surface area contributed by atoms with Crippen LogP contribution in [0, 0.1) is 0 Å². The fourth-order valence-electron chi connectivity index (χ4n) is 8.24. The second-order valence-electron chi connectivity index (χ2n) is 14.0. The molecule has 0 unspecified atom stereocenters. The molecule has 11 aromatic rings. The topological polar surface area (TPSA) is 43.6 Å². The lowest BCUT2D eigenvalue weighted by Crippen LogP contribution is -2.01. The first kappa shape index (κ1) is 31.1. The molecular formula is C51H32N4. The van der Waals surface area contributed by atoms with Gasteiger partial charge in [0.1, 0.15) is 0 Å². The molecule has 0 N–H and O–H groups in total. The molecule has 0 atom stereocenters. The van der Waals surface area contributed by atoms with E-state index in [0.717, 1.165) is 49.7 Å². The van der Waals surface area contributed by atoms with E-state index in [1.165, 1.54) is 38.0 Å². The third-order valence-corrected chi connectivity index (χ3v) is 10.8. The second-order valence-corrected chi connectivity index (χ2v) is 14.0. The van der Waals surface area contributed by atoms with Crippen LogP contribution in [-0.2, 0) is 0 Å². The van der Waals surface area contributed by atoms with Crippen LogP contribution in [0.4, 0.5) is 0 Å². The quantitative estimate of drug-likeness (QED) is 0.133. The van der Waals surface area contributed by atoms with Gasteiger partial charge in [-0.1, -0.05) is 158 Å². The molecule has 4 heteroatoms. The summed E-state index contributed by atoms with van der Waals surface area (Å²) in [4.78, 5) is 15.7. The lowest BCUT2D eigenvalue weighted by atomic mass is 9.93. The van der Waals surface area contributed by atoms with Crippen LogP contribution in [0.1, 0.15) is 0 Å². The van der Waals surface area contributed by atoms with E-state index in [1.807, 2.05) is 18.2 Å². The molecule has 2 aromatic heterocycles. The Labute approximate surface area is 317 Å². The van der Waals surface area contributed by atoms with E-state index in [-0.39, 0.29) is 0 Å². The van der Waals surface area contributed by atoms with E-state index in [4.69, 9.17) is 15.0 Å². The number of nitrogens with zero attached hydrogens (tertiary/aromatic N) is 4. The molecule has 0 saturated heterocycles. The van der Waals surface area contributed by atoms with Crippen molar-refractivity contribution < 1.29 is 0 Å². The van der Waals surface area contributed by atoms with E-state index in [2.05, 4.69) is 180 Å². The highest BCUT2D eigenvalue weighted by Crippen LogP contribution is 2.40. The van der Waals surface area contributed by atoms with Crippen LogP contribution in [0.2, 0.25) is 0 Å². The van der Waals surface area contributed by atoms with Gasteiger partial charge in [0.2, 0.25) is 0 Å². The molecule has 0 spiro atoms. The smallest absolute Gasteiger partial charge is 0.165 e. The van der Waals surface area contributed by atoms with Crippen LogP contribution in [0.3, 0.4) is 0 Å². The van der Waals surface area contributed by atoms with Crippen LogP contribution in [0.5, 0.6) is 0 Å². The van der Waals surface area contributed by atoms with Crippen molar-refractivity contribution in [2.75, 3.05) is 0 Å². The minimum atomic E-state index is 0.632. The summed E-state index contributed by atoms with van der Waals surface area (Å²) in [5.74, 6) is 1.92. The molecule has 0 aliphatic rings. The molecular weight excluding hydrogens is 669 g/mol. The zero-order valence-electron chi connectivity index (χ0n) is 29.8. The van der Waals surface area contributed by atoms with Crippen LogP contribution in [0.15, 0.2) is 194 Å². The average molecular weight is 701 g/mol. The minimum Gasteiger partial charge on any atom is -0.309 e. The maximum atomic E-state index is 5.32. The molecule has 256 valence electrons. The molecule has 0 radical (unpaired) electrons. The van der Waals surface area contributed by atoms with Crippen LogP contribution < -0.4 is 0 Å². The highest BCUT2D eigenvalue weighted by atomic mass is 15.0. The fourth-order valence-corrected chi connectivity index (χ4v) is 8.24. The molecule has 0 saturated carbocycles. The molecule has 0 aliphatic heterocycles. The van der Waals surface area contributed by atoms with Crippen LogP contribution in [0.25, 0.3) is 105 Å². The first-order valence-electron chi connectivity index (χ1n) is 18.6. The van der Waals surface area contributed by atoms with Crippen molar-refractivity contribution in [1.29, 1.82) is 0 Å². The Balaban J connectivity index is 1.12. The highest BCUT2D eigenvalue weighted by molar-refractivity contribution is 6.19. The largest absolute Gasteiger partial charge is 0.309 e. The zero-order chi connectivity index (χ0) is 36.3. The van der Waals surface area contributed by atoms with Crippen LogP contribution >= 0.6 is 0 Å².